The lowest BCUT2D eigenvalue weighted by atomic mass is 9.80. The van der Waals surface area contributed by atoms with Gasteiger partial charge < -0.3 is 5.32 Å². The highest BCUT2D eigenvalue weighted by Crippen LogP contribution is 2.28. The lowest BCUT2D eigenvalue weighted by Gasteiger charge is -2.34. The molecule has 0 bridgehead atoms. The highest BCUT2D eigenvalue weighted by Gasteiger charge is 2.28. The largest absolute Gasteiger partial charge is 0.312 e. The molecule has 100 valence electrons. The maximum atomic E-state index is 3.81. The van der Waals surface area contributed by atoms with Crippen LogP contribution >= 0.6 is 0 Å². The van der Waals surface area contributed by atoms with E-state index >= 15 is 0 Å². The Balaban J connectivity index is 1.66. The molecule has 2 fully saturated rings. The monoisotopic (exact) mass is 238 g/mol. The van der Waals surface area contributed by atoms with E-state index in [1.54, 1.807) is 0 Å². The molecule has 17 heavy (non-hydrogen) atoms. The molecule has 0 aromatic heterocycles. The lowest BCUT2D eigenvalue weighted by Crippen LogP contribution is -2.43. The summed E-state index contributed by atoms with van der Waals surface area (Å²) in [5.74, 6) is 1.80. The Labute approximate surface area is 107 Å². The molecule has 0 aliphatic heterocycles. The van der Waals surface area contributed by atoms with Gasteiger partial charge in [0.05, 0.1) is 0 Å². The third-order valence-corrected chi connectivity index (χ3v) is 4.73. The van der Waals surface area contributed by atoms with Gasteiger partial charge in [0.1, 0.15) is 0 Å². The fraction of sp³-hybridized carbons (Fsp3) is 1.00. The predicted molar refractivity (Wildman–Crippen MR) is 74.2 cm³/mol. The van der Waals surface area contributed by atoms with E-state index in [1.165, 1.54) is 51.7 Å². The summed E-state index contributed by atoms with van der Waals surface area (Å²) < 4.78 is 0. The first-order chi connectivity index (χ1) is 8.20. The molecule has 0 radical (unpaired) electrons. The van der Waals surface area contributed by atoms with Crippen LogP contribution in [0.3, 0.4) is 0 Å². The molecule has 3 unspecified atom stereocenters. The molecule has 2 aliphatic rings. The van der Waals surface area contributed by atoms with Crippen molar-refractivity contribution in [1.29, 1.82) is 0 Å². The van der Waals surface area contributed by atoms with Crippen LogP contribution in [0.1, 0.15) is 52.9 Å². The second-order valence-corrected chi connectivity index (χ2v) is 6.32. The number of nitrogens with one attached hydrogen (secondary N) is 1. The van der Waals surface area contributed by atoms with Gasteiger partial charge >= 0.3 is 0 Å². The zero-order valence-corrected chi connectivity index (χ0v) is 11.9. The van der Waals surface area contributed by atoms with Crippen molar-refractivity contribution >= 4 is 0 Å². The zero-order valence-electron chi connectivity index (χ0n) is 11.9. The second kappa shape index (κ2) is 6.19. The summed E-state index contributed by atoms with van der Waals surface area (Å²) in [5, 5.41) is 3.81. The van der Waals surface area contributed by atoms with Gasteiger partial charge in [-0.05, 0) is 44.1 Å². The molecule has 3 atom stereocenters. The summed E-state index contributed by atoms with van der Waals surface area (Å²) in [5.41, 5.74) is 0. The van der Waals surface area contributed by atoms with Crippen LogP contribution in [0.2, 0.25) is 0 Å². The Morgan fingerprint density at radius 1 is 1.12 bits per heavy atom. The van der Waals surface area contributed by atoms with Gasteiger partial charge in [-0.25, -0.2) is 0 Å². The van der Waals surface area contributed by atoms with E-state index in [0.717, 1.165) is 23.9 Å². The average Bonchev–Trinajstić information content (AvgIpc) is 3.13. The molecule has 2 heteroatoms. The van der Waals surface area contributed by atoms with Crippen LogP contribution in [-0.4, -0.2) is 36.6 Å². The molecular weight excluding hydrogens is 208 g/mol. The third-order valence-electron chi connectivity index (χ3n) is 4.73. The highest BCUT2D eigenvalue weighted by atomic mass is 15.2. The van der Waals surface area contributed by atoms with Crippen LogP contribution in [-0.2, 0) is 0 Å². The zero-order chi connectivity index (χ0) is 12.3. The maximum Gasteiger partial charge on any atom is 0.0110 e. The van der Waals surface area contributed by atoms with Crippen LogP contribution in [0, 0.1) is 11.8 Å². The van der Waals surface area contributed by atoms with E-state index in [2.05, 4.69) is 31.0 Å². The van der Waals surface area contributed by atoms with E-state index < -0.39 is 0 Å². The lowest BCUT2D eigenvalue weighted by molar-refractivity contribution is 0.212. The standard InChI is InChI=1S/C15H30N2/c1-4-17(14-7-8-14)10-9-16-15-11-12(2)5-6-13(15)3/h12-16H,4-11H2,1-3H3. The first-order valence-electron chi connectivity index (χ1n) is 7.68. The molecule has 0 saturated heterocycles. The molecule has 0 amide bonds. The number of likely N-dealkylation sites (N-methyl/N-ethyl adjacent to an activating group) is 1. The third kappa shape index (κ3) is 3.96. The summed E-state index contributed by atoms with van der Waals surface area (Å²) in [6.45, 7) is 10.8. The van der Waals surface area contributed by atoms with E-state index in [0.29, 0.717) is 0 Å². The molecular formula is C15H30N2. The predicted octanol–water partition coefficient (Wildman–Crippen LogP) is 2.89. The maximum absolute atomic E-state index is 3.81. The Kier molecular flexibility index (Phi) is 4.87. The topological polar surface area (TPSA) is 15.3 Å². The SMILES string of the molecule is CCN(CCNC1CC(C)CCC1C)C1CC1. The normalized spacial score (nSPS) is 34.2. The van der Waals surface area contributed by atoms with Crippen molar-refractivity contribution < 1.29 is 0 Å². The van der Waals surface area contributed by atoms with Crippen LogP contribution < -0.4 is 5.32 Å². The molecule has 2 nitrogen and oxygen atoms in total. The minimum atomic E-state index is 0.775. The Morgan fingerprint density at radius 3 is 2.53 bits per heavy atom. The Morgan fingerprint density at radius 2 is 1.88 bits per heavy atom. The van der Waals surface area contributed by atoms with Gasteiger partial charge in [0.15, 0.2) is 0 Å². The van der Waals surface area contributed by atoms with Gasteiger partial charge in [0, 0.05) is 25.2 Å². The molecule has 0 spiro atoms. The van der Waals surface area contributed by atoms with E-state index in [1.807, 2.05) is 0 Å². The second-order valence-electron chi connectivity index (χ2n) is 6.32. The molecule has 2 aliphatic carbocycles. The first-order valence-corrected chi connectivity index (χ1v) is 7.68. The van der Waals surface area contributed by atoms with Crippen molar-refractivity contribution in [3.05, 3.63) is 0 Å². The van der Waals surface area contributed by atoms with Gasteiger partial charge in [-0.15, -0.1) is 0 Å². The first kappa shape index (κ1) is 13.4. The van der Waals surface area contributed by atoms with Crippen molar-refractivity contribution in [3.63, 3.8) is 0 Å². The molecule has 0 aromatic carbocycles. The number of hydrogen-bond donors (Lipinski definition) is 1. The van der Waals surface area contributed by atoms with Gasteiger partial charge in [0.2, 0.25) is 0 Å². The Hall–Kier alpha value is -0.0800. The average molecular weight is 238 g/mol. The highest BCUT2D eigenvalue weighted by molar-refractivity contribution is 4.85. The minimum Gasteiger partial charge on any atom is -0.312 e. The molecule has 2 rings (SSSR count). The number of rotatable bonds is 6. The number of nitrogens with zero attached hydrogens (tertiary/aromatic N) is 1. The Bertz CT molecular complexity index is 225. The van der Waals surface area contributed by atoms with Gasteiger partial charge in [-0.2, -0.15) is 0 Å². The summed E-state index contributed by atoms with van der Waals surface area (Å²) in [4.78, 5) is 2.64. The van der Waals surface area contributed by atoms with Gasteiger partial charge in [-0.3, -0.25) is 4.90 Å². The van der Waals surface area contributed by atoms with E-state index in [9.17, 15) is 0 Å². The molecule has 0 heterocycles. The smallest absolute Gasteiger partial charge is 0.0110 e. The summed E-state index contributed by atoms with van der Waals surface area (Å²) in [6, 6.07) is 1.70. The van der Waals surface area contributed by atoms with Crippen LogP contribution in [0.15, 0.2) is 0 Å². The van der Waals surface area contributed by atoms with E-state index in [-0.39, 0.29) is 0 Å². The van der Waals surface area contributed by atoms with Crippen molar-refractivity contribution in [2.45, 2.75) is 65.0 Å². The van der Waals surface area contributed by atoms with Crippen LogP contribution in [0.4, 0.5) is 0 Å². The molecule has 2 saturated carbocycles. The fourth-order valence-corrected chi connectivity index (χ4v) is 3.25. The molecule has 1 N–H and O–H groups in total. The summed E-state index contributed by atoms with van der Waals surface area (Å²) in [7, 11) is 0. The summed E-state index contributed by atoms with van der Waals surface area (Å²) >= 11 is 0. The van der Waals surface area contributed by atoms with Gasteiger partial charge in [0.25, 0.3) is 0 Å². The van der Waals surface area contributed by atoms with Crippen molar-refractivity contribution in [1.82, 2.24) is 10.2 Å². The van der Waals surface area contributed by atoms with Crippen molar-refractivity contribution in [2.24, 2.45) is 11.8 Å². The van der Waals surface area contributed by atoms with Crippen LogP contribution in [0.25, 0.3) is 0 Å². The minimum absolute atomic E-state index is 0.775. The van der Waals surface area contributed by atoms with E-state index in [4.69, 9.17) is 0 Å². The fourth-order valence-electron chi connectivity index (χ4n) is 3.25. The summed E-state index contributed by atoms with van der Waals surface area (Å²) in [6.07, 6.45) is 7.10. The molecule has 0 aromatic rings. The number of hydrogen-bond acceptors (Lipinski definition) is 2. The quantitative estimate of drug-likeness (QED) is 0.765. The van der Waals surface area contributed by atoms with Gasteiger partial charge in [-0.1, -0.05) is 27.2 Å². The van der Waals surface area contributed by atoms with Crippen molar-refractivity contribution in [2.75, 3.05) is 19.6 Å². The van der Waals surface area contributed by atoms with Crippen molar-refractivity contribution in [3.8, 4) is 0 Å². The van der Waals surface area contributed by atoms with Crippen LogP contribution in [0.5, 0.6) is 0 Å².